The average molecular weight is 390 g/mol. The summed E-state index contributed by atoms with van der Waals surface area (Å²) in [7, 11) is 3.28. The molecule has 1 aromatic carbocycles. The van der Waals surface area contributed by atoms with Gasteiger partial charge in [0.15, 0.2) is 5.16 Å². The molecule has 7 heteroatoms. The van der Waals surface area contributed by atoms with Crippen LogP contribution in [0.5, 0.6) is 0 Å². The van der Waals surface area contributed by atoms with Crippen LogP contribution < -0.4 is 10.9 Å². The molecule has 1 unspecified atom stereocenters. The van der Waals surface area contributed by atoms with E-state index >= 15 is 0 Å². The molecule has 1 atom stereocenters. The van der Waals surface area contributed by atoms with Gasteiger partial charge >= 0.3 is 0 Å². The molecule has 146 valence electrons. The van der Waals surface area contributed by atoms with Crippen molar-refractivity contribution < 1.29 is 9.53 Å². The summed E-state index contributed by atoms with van der Waals surface area (Å²) >= 11 is 1.28. The van der Waals surface area contributed by atoms with Crippen LogP contribution in [0.25, 0.3) is 0 Å². The van der Waals surface area contributed by atoms with Crippen LogP contribution in [0.2, 0.25) is 0 Å². The maximum atomic E-state index is 13.0. The molecule has 1 amide bonds. The summed E-state index contributed by atoms with van der Waals surface area (Å²) in [5, 5.41) is 3.04. The van der Waals surface area contributed by atoms with E-state index in [2.05, 4.69) is 10.3 Å². The molecule has 0 fully saturated rings. The molecule has 27 heavy (non-hydrogen) atoms. The van der Waals surface area contributed by atoms with Crippen molar-refractivity contribution in [2.24, 2.45) is 7.05 Å². The molecule has 0 saturated carbocycles. The summed E-state index contributed by atoms with van der Waals surface area (Å²) in [6.45, 7) is 4.71. The fourth-order valence-corrected chi connectivity index (χ4v) is 3.52. The lowest BCUT2D eigenvalue weighted by atomic mass is 10.0. The van der Waals surface area contributed by atoms with Crippen molar-refractivity contribution in [1.29, 1.82) is 0 Å². The maximum absolute atomic E-state index is 13.0. The number of hydrogen-bond acceptors (Lipinski definition) is 5. The van der Waals surface area contributed by atoms with E-state index in [9.17, 15) is 9.59 Å². The molecule has 1 N–H and O–H groups in total. The van der Waals surface area contributed by atoms with E-state index in [-0.39, 0.29) is 23.3 Å². The molecular weight excluding hydrogens is 362 g/mol. The van der Waals surface area contributed by atoms with Crippen LogP contribution in [0, 0.1) is 0 Å². The van der Waals surface area contributed by atoms with Gasteiger partial charge in [-0.15, -0.1) is 0 Å². The Morgan fingerprint density at radius 3 is 2.67 bits per heavy atom. The maximum Gasteiger partial charge on any atom is 0.257 e. The Morgan fingerprint density at radius 1 is 1.33 bits per heavy atom. The van der Waals surface area contributed by atoms with Gasteiger partial charge in [0.05, 0.1) is 17.6 Å². The molecule has 0 aliphatic rings. The zero-order valence-electron chi connectivity index (χ0n) is 16.3. The highest BCUT2D eigenvalue weighted by molar-refractivity contribution is 8.00. The second-order valence-electron chi connectivity index (χ2n) is 6.33. The number of nitrogens with one attached hydrogen (secondary N) is 1. The molecular formula is C20H27N3O3S. The van der Waals surface area contributed by atoms with Crippen molar-refractivity contribution in [3.8, 4) is 0 Å². The van der Waals surface area contributed by atoms with Gasteiger partial charge in [0.2, 0.25) is 5.91 Å². The third-order valence-corrected chi connectivity index (χ3v) is 5.28. The number of carbonyl (C=O) groups excluding carboxylic acids is 1. The lowest BCUT2D eigenvalue weighted by molar-refractivity contribution is -0.120. The van der Waals surface area contributed by atoms with Crippen LogP contribution >= 0.6 is 11.8 Å². The zero-order chi connectivity index (χ0) is 19.8. The molecule has 0 aliphatic heterocycles. The molecule has 0 saturated heterocycles. The molecule has 6 nitrogen and oxygen atoms in total. The van der Waals surface area contributed by atoms with Gasteiger partial charge in [-0.3, -0.25) is 14.2 Å². The van der Waals surface area contributed by atoms with Gasteiger partial charge in [-0.1, -0.05) is 49.0 Å². The van der Waals surface area contributed by atoms with E-state index in [1.165, 1.54) is 16.3 Å². The minimum atomic E-state index is -0.343. The molecule has 1 heterocycles. The summed E-state index contributed by atoms with van der Waals surface area (Å²) < 4.78 is 6.78. The van der Waals surface area contributed by atoms with Crippen molar-refractivity contribution >= 4 is 17.7 Å². The molecule has 0 aliphatic carbocycles. The van der Waals surface area contributed by atoms with Crippen LogP contribution in [0.15, 0.2) is 40.3 Å². The number of thioether (sulfide) groups is 1. The topological polar surface area (TPSA) is 73.2 Å². The highest BCUT2D eigenvalue weighted by atomic mass is 32.2. The zero-order valence-corrected chi connectivity index (χ0v) is 17.1. The number of amides is 1. The van der Waals surface area contributed by atoms with Crippen LogP contribution in [-0.2, 0) is 29.6 Å². The number of methoxy groups -OCH3 is 1. The fraction of sp³-hybridized carbons (Fsp3) is 0.450. The lowest BCUT2D eigenvalue weighted by Gasteiger charge is -2.16. The summed E-state index contributed by atoms with van der Waals surface area (Å²) in [5.74, 6) is -0.0576. The SMILES string of the molecule is CCCNC(=O)C(C)Sc1nc(COC)c(Cc2ccccc2)c(=O)n1C. The first kappa shape index (κ1) is 21.2. The summed E-state index contributed by atoms with van der Waals surface area (Å²) in [5.41, 5.74) is 2.18. The minimum absolute atomic E-state index is 0.0576. The van der Waals surface area contributed by atoms with Gasteiger partial charge in [0.1, 0.15) is 0 Å². The smallest absolute Gasteiger partial charge is 0.257 e. The quantitative estimate of drug-likeness (QED) is 0.527. The fourth-order valence-electron chi connectivity index (χ4n) is 2.61. The molecule has 0 spiro atoms. The highest BCUT2D eigenvalue weighted by Gasteiger charge is 2.20. The summed E-state index contributed by atoms with van der Waals surface area (Å²) in [4.78, 5) is 29.8. The first-order chi connectivity index (χ1) is 13.0. The van der Waals surface area contributed by atoms with Crippen LogP contribution in [-0.4, -0.2) is 34.4 Å². The van der Waals surface area contributed by atoms with Crippen molar-refractivity contribution in [2.45, 2.75) is 43.7 Å². The molecule has 0 bridgehead atoms. The van der Waals surface area contributed by atoms with Crippen LogP contribution in [0.3, 0.4) is 0 Å². The lowest BCUT2D eigenvalue weighted by Crippen LogP contribution is -2.33. The number of ether oxygens (including phenoxy) is 1. The largest absolute Gasteiger partial charge is 0.378 e. The van der Waals surface area contributed by atoms with Gasteiger partial charge < -0.3 is 10.1 Å². The summed E-state index contributed by atoms with van der Waals surface area (Å²) in [6.07, 6.45) is 1.38. The number of aromatic nitrogens is 2. The van der Waals surface area contributed by atoms with Gasteiger partial charge in [-0.2, -0.15) is 0 Å². The number of carbonyl (C=O) groups is 1. The summed E-state index contributed by atoms with van der Waals surface area (Å²) in [6, 6.07) is 9.81. The Balaban J connectivity index is 2.32. The number of nitrogens with zero attached hydrogens (tertiary/aromatic N) is 2. The predicted molar refractivity (Wildman–Crippen MR) is 108 cm³/mol. The van der Waals surface area contributed by atoms with Gasteiger partial charge in [0.25, 0.3) is 5.56 Å². The second kappa shape index (κ2) is 10.3. The van der Waals surface area contributed by atoms with E-state index < -0.39 is 0 Å². The van der Waals surface area contributed by atoms with Crippen molar-refractivity contribution in [3.05, 3.63) is 57.5 Å². The predicted octanol–water partition coefficient (Wildman–Crippen LogP) is 2.52. The minimum Gasteiger partial charge on any atom is -0.378 e. The number of rotatable bonds is 9. The normalized spacial score (nSPS) is 12.0. The van der Waals surface area contributed by atoms with E-state index in [0.717, 1.165) is 12.0 Å². The Morgan fingerprint density at radius 2 is 2.04 bits per heavy atom. The standard InChI is InChI=1S/C20H27N3O3S/c1-5-11-21-18(24)14(2)27-20-22-17(13-26-4)16(19(25)23(20)3)12-15-9-7-6-8-10-15/h6-10,14H,5,11-13H2,1-4H3,(H,21,24). The van der Waals surface area contributed by atoms with Crippen LogP contribution in [0.4, 0.5) is 0 Å². The highest BCUT2D eigenvalue weighted by Crippen LogP contribution is 2.22. The second-order valence-corrected chi connectivity index (χ2v) is 7.64. The number of hydrogen-bond donors (Lipinski definition) is 1. The monoisotopic (exact) mass is 389 g/mol. The van der Waals surface area contributed by atoms with Crippen molar-refractivity contribution in [2.75, 3.05) is 13.7 Å². The van der Waals surface area contributed by atoms with Gasteiger partial charge in [-0.25, -0.2) is 4.98 Å². The Labute approximate surface area is 164 Å². The van der Waals surface area contributed by atoms with Crippen molar-refractivity contribution in [1.82, 2.24) is 14.9 Å². The van der Waals surface area contributed by atoms with Crippen molar-refractivity contribution in [3.63, 3.8) is 0 Å². The van der Waals surface area contributed by atoms with Gasteiger partial charge in [-0.05, 0) is 18.9 Å². The third kappa shape index (κ3) is 5.68. The van der Waals surface area contributed by atoms with E-state index in [4.69, 9.17) is 4.74 Å². The molecule has 2 aromatic rings. The molecule has 2 rings (SSSR count). The van der Waals surface area contributed by atoms with E-state index in [0.29, 0.717) is 29.4 Å². The van der Waals surface area contributed by atoms with E-state index in [1.54, 1.807) is 14.2 Å². The Kier molecular flexibility index (Phi) is 8.06. The van der Waals surface area contributed by atoms with Crippen LogP contribution in [0.1, 0.15) is 37.1 Å². The average Bonchev–Trinajstić information content (AvgIpc) is 2.67. The Bertz CT molecular complexity index is 821. The molecule has 0 radical (unpaired) electrons. The molecule has 1 aromatic heterocycles. The first-order valence-electron chi connectivity index (χ1n) is 9.03. The van der Waals surface area contributed by atoms with E-state index in [1.807, 2.05) is 44.2 Å². The Hall–Kier alpha value is -2.12. The first-order valence-corrected chi connectivity index (χ1v) is 9.91. The number of benzene rings is 1. The van der Waals surface area contributed by atoms with Gasteiger partial charge in [0, 0.05) is 32.7 Å². The third-order valence-electron chi connectivity index (χ3n) is 4.13.